The highest BCUT2D eigenvalue weighted by molar-refractivity contribution is 6.74. The van der Waals surface area contributed by atoms with E-state index in [1.807, 2.05) is 19.1 Å². The SMILES string of the molecule is CC(=O)/C=C/C=C/[C@H](C)[C@H](O)[C@@H](C)[C@@H](O[Si](C)(C)C(C)(C)C)[C@H](C)CO[Si](C)(C)C(C)(C)C. The third-order valence-electron chi connectivity index (χ3n) is 7.76. The zero-order valence-corrected chi connectivity index (χ0v) is 26.1. The van der Waals surface area contributed by atoms with E-state index in [9.17, 15) is 9.90 Å². The van der Waals surface area contributed by atoms with Crippen LogP contribution in [0.3, 0.4) is 0 Å². The van der Waals surface area contributed by atoms with Crippen molar-refractivity contribution >= 4 is 22.4 Å². The maximum absolute atomic E-state index is 11.2. The molecule has 0 heterocycles. The van der Waals surface area contributed by atoms with Gasteiger partial charge in [0.1, 0.15) is 0 Å². The maximum Gasteiger partial charge on any atom is 0.192 e. The Bertz CT molecular complexity index is 669. The summed E-state index contributed by atoms with van der Waals surface area (Å²) in [5.41, 5.74) is 0. The predicted molar refractivity (Wildman–Crippen MR) is 148 cm³/mol. The number of hydrogen-bond acceptors (Lipinski definition) is 4. The van der Waals surface area contributed by atoms with Gasteiger partial charge in [-0.05, 0) is 49.3 Å². The van der Waals surface area contributed by atoms with Crippen LogP contribution in [0.2, 0.25) is 36.3 Å². The molecule has 33 heavy (non-hydrogen) atoms. The number of carbonyl (C=O) groups excluding carboxylic acids is 1. The molecule has 4 nitrogen and oxygen atoms in total. The van der Waals surface area contributed by atoms with Gasteiger partial charge in [0, 0.05) is 24.4 Å². The van der Waals surface area contributed by atoms with Crippen molar-refractivity contribution in [1.29, 1.82) is 0 Å². The molecule has 0 unspecified atom stereocenters. The average molecular weight is 499 g/mol. The zero-order valence-electron chi connectivity index (χ0n) is 24.1. The molecule has 0 radical (unpaired) electrons. The number of ketones is 1. The summed E-state index contributed by atoms with van der Waals surface area (Å²) in [6, 6.07) is 0. The Morgan fingerprint density at radius 3 is 1.82 bits per heavy atom. The number of allylic oxidation sites excluding steroid dienone is 3. The Morgan fingerprint density at radius 2 is 1.39 bits per heavy atom. The second-order valence-electron chi connectivity index (χ2n) is 13.0. The summed E-state index contributed by atoms with van der Waals surface area (Å²) in [5, 5.41) is 11.5. The molecule has 0 aromatic carbocycles. The zero-order chi connectivity index (χ0) is 26.4. The summed E-state index contributed by atoms with van der Waals surface area (Å²) >= 11 is 0. The van der Waals surface area contributed by atoms with Gasteiger partial charge in [-0.25, -0.2) is 0 Å². The molecule has 194 valence electrons. The normalized spacial score (nSPS) is 19.0. The molecule has 0 aliphatic carbocycles. The Hall–Kier alpha value is -0.536. The molecule has 0 amide bonds. The maximum atomic E-state index is 11.2. The van der Waals surface area contributed by atoms with Gasteiger partial charge in [0.25, 0.3) is 0 Å². The van der Waals surface area contributed by atoms with E-state index < -0.39 is 22.7 Å². The lowest BCUT2D eigenvalue weighted by atomic mass is 9.84. The minimum absolute atomic E-state index is 0.0135. The molecule has 0 aliphatic heterocycles. The first-order chi connectivity index (χ1) is 14.6. The van der Waals surface area contributed by atoms with E-state index in [0.29, 0.717) is 6.61 Å². The van der Waals surface area contributed by atoms with Crippen molar-refractivity contribution < 1.29 is 18.8 Å². The van der Waals surface area contributed by atoms with Crippen LogP contribution in [0, 0.1) is 17.8 Å². The summed E-state index contributed by atoms with van der Waals surface area (Å²) in [4.78, 5) is 11.1. The van der Waals surface area contributed by atoms with Crippen LogP contribution in [-0.4, -0.2) is 46.3 Å². The molecule has 1 N–H and O–H groups in total. The number of carbonyl (C=O) groups is 1. The predicted octanol–water partition coefficient (Wildman–Crippen LogP) is 7.37. The summed E-state index contributed by atoms with van der Waals surface area (Å²) in [6.45, 7) is 31.1. The van der Waals surface area contributed by atoms with Gasteiger partial charge in [-0.1, -0.05) is 80.5 Å². The highest BCUT2D eigenvalue weighted by Crippen LogP contribution is 2.41. The molecular formula is C27H54O4Si2. The second-order valence-corrected chi connectivity index (χ2v) is 22.5. The van der Waals surface area contributed by atoms with E-state index in [1.54, 1.807) is 6.08 Å². The third-order valence-corrected chi connectivity index (χ3v) is 16.7. The van der Waals surface area contributed by atoms with E-state index >= 15 is 0 Å². The van der Waals surface area contributed by atoms with Crippen LogP contribution in [0.1, 0.15) is 69.2 Å². The van der Waals surface area contributed by atoms with E-state index in [4.69, 9.17) is 8.85 Å². The standard InChI is InChI=1S/C27H54O4Si2/c1-20(17-15-16-18-22(3)28)24(29)23(4)25(31-33(13,14)27(8,9)10)21(2)19-30-32(11,12)26(5,6)7/h15-18,20-21,23-25,29H,19H2,1-14H3/b17-15+,18-16+/t20-,21+,23+,24-,25-/m0/s1. The van der Waals surface area contributed by atoms with E-state index in [-0.39, 0.29) is 39.7 Å². The number of rotatable bonds is 12. The fraction of sp³-hybridized carbons (Fsp3) is 0.815. The molecule has 6 heteroatoms. The lowest BCUT2D eigenvalue weighted by Gasteiger charge is -2.45. The molecule has 0 spiro atoms. The van der Waals surface area contributed by atoms with Gasteiger partial charge < -0.3 is 14.0 Å². The summed E-state index contributed by atoms with van der Waals surface area (Å²) in [5.74, 6) is 0.0514. The first kappa shape index (κ1) is 32.5. The fourth-order valence-corrected chi connectivity index (χ4v) is 5.72. The van der Waals surface area contributed by atoms with Gasteiger partial charge in [-0.15, -0.1) is 0 Å². The van der Waals surface area contributed by atoms with Crippen LogP contribution in [0.25, 0.3) is 0 Å². The summed E-state index contributed by atoms with van der Waals surface area (Å²) in [7, 11) is -3.93. The molecule has 0 fully saturated rings. The number of hydrogen-bond donors (Lipinski definition) is 1. The van der Waals surface area contributed by atoms with Gasteiger partial charge in [-0.3, -0.25) is 4.79 Å². The molecule has 5 atom stereocenters. The van der Waals surface area contributed by atoms with Crippen molar-refractivity contribution in [3.8, 4) is 0 Å². The highest BCUT2D eigenvalue weighted by Gasteiger charge is 2.44. The third kappa shape index (κ3) is 10.3. The molecule has 0 saturated heterocycles. The van der Waals surface area contributed by atoms with E-state index in [2.05, 4.69) is 81.6 Å². The number of aliphatic hydroxyl groups excluding tert-OH is 1. The Kier molecular flexibility index (Phi) is 12.2. The Labute approximate surface area is 207 Å². The topological polar surface area (TPSA) is 55.8 Å². The van der Waals surface area contributed by atoms with Gasteiger partial charge in [0.05, 0.1) is 12.2 Å². The first-order valence-electron chi connectivity index (χ1n) is 12.5. The second kappa shape index (κ2) is 12.4. The van der Waals surface area contributed by atoms with Crippen LogP contribution >= 0.6 is 0 Å². The van der Waals surface area contributed by atoms with Crippen LogP contribution in [0.4, 0.5) is 0 Å². The van der Waals surface area contributed by atoms with Gasteiger partial charge in [0.2, 0.25) is 0 Å². The molecule has 0 saturated carbocycles. The summed E-state index contributed by atoms with van der Waals surface area (Å²) in [6.07, 6.45) is 6.40. The molecule has 0 aromatic rings. The van der Waals surface area contributed by atoms with Crippen molar-refractivity contribution in [2.24, 2.45) is 17.8 Å². The van der Waals surface area contributed by atoms with Gasteiger partial charge >= 0.3 is 0 Å². The first-order valence-corrected chi connectivity index (χ1v) is 18.3. The van der Waals surface area contributed by atoms with Gasteiger partial charge in [0.15, 0.2) is 22.4 Å². The minimum atomic E-state index is -2.05. The van der Waals surface area contributed by atoms with Crippen LogP contribution in [0.5, 0.6) is 0 Å². The monoisotopic (exact) mass is 498 g/mol. The Morgan fingerprint density at radius 1 is 0.909 bits per heavy atom. The van der Waals surface area contributed by atoms with Crippen molar-refractivity contribution in [3.63, 3.8) is 0 Å². The highest BCUT2D eigenvalue weighted by atomic mass is 28.4. The van der Waals surface area contributed by atoms with Crippen LogP contribution < -0.4 is 0 Å². The van der Waals surface area contributed by atoms with E-state index in [1.165, 1.54) is 13.0 Å². The largest absolute Gasteiger partial charge is 0.416 e. The smallest absolute Gasteiger partial charge is 0.192 e. The molecule has 0 aromatic heterocycles. The minimum Gasteiger partial charge on any atom is -0.416 e. The number of aliphatic hydroxyl groups is 1. The molecule has 0 rings (SSSR count). The summed E-state index contributed by atoms with van der Waals surface area (Å²) < 4.78 is 13.5. The van der Waals surface area contributed by atoms with Crippen LogP contribution in [0.15, 0.2) is 24.3 Å². The van der Waals surface area contributed by atoms with Crippen molar-refractivity contribution in [1.82, 2.24) is 0 Å². The quantitative estimate of drug-likeness (QED) is 0.173. The molecular weight excluding hydrogens is 444 g/mol. The van der Waals surface area contributed by atoms with Crippen LogP contribution in [-0.2, 0) is 13.6 Å². The Balaban J connectivity index is 5.75. The van der Waals surface area contributed by atoms with Crippen molar-refractivity contribution in [3.05, 3.63) is 24.3 Å². The molecule has 0 bridgehead atoms. The van der Waals surface area contributed by atoms with Crippen molar-refractivity contribution in [2.45, 2.75) is 118 Å². The average Bonchev–Trinajstić information content (AvgIpc) is 2.64. The lowest BCUT2D eigenvalue weighted by Crippen LogP contribution is -2.51. The molecule has 0 aliphatic rings. The van der Waals surface area contributed by atoms with Crippen molar-refractivity contribution in [2.75, 3.05) is 6.61 Å². The van der Waals surface area contributed by atoms with E-state index in [0.717, 1.165) is 0 Å². The lowest BCUT2D eigenvalue weighted by molar-refractivity contribution is -0.112. The fourth-order valence-electron chi connectivity index (χ4n) is 3.13. The van der Waals surface area contributed by atoms with Gasteiger partial charge in [-0.2, -0.15) is 0 Å².